The molecule has 0 bridgehead atoms. The maximum Gasteiger partial charge on any atom is 0.170 e. The molecule has 34 heavy (non-hydrogen) atoms. The summed E-state index contributed by atoms with van der Waals surface area (Å²) in [5, 5.41) is 0. The first-order chi connectivity index (χ1) is 15.5. The molecule has 0 spiro atoms. The summed E-state index contributed by atoms with van der Waals surface area (Å²) in [5.41, 5.74) is 2.40. The first-order valence-corrected chi connectivity index (χ1v) is 14.6. The van der Waals surface area contributed by atoms with Gasteiger partial charge in [0.05, 0.1) is 6.61 Å². The van der Waals surface area contributed by atoms with Crippen LogP contribution in [0.25, 0.3) is 0 Å². The van der Waals surface area contributed by atoms with Crippen LogP contribution in [0.2, 0.25) is 0 Å². The Bertz CT molecular complexity index is 954. The van der Waals surface area contributed by atoms with Crippen molar-refractivity contribution < 1.29 is 21.6 Å². The van der Waals surface area contributed by atoms with Crippen molar-refractivity contribution in [2.24, 2.45) is 0 Å². The topological polar surface area (TPSA) is 80.8 Å². The highest BCUT2D eigenvalue weighted by molar-refractivity contribution is 8.10. The molecule has 0 aliphatic carbocycles. The number of nitrogens with zero attached hydrogens (tertiary/aromatic N) is 1. The smallest absolute Gasteiger partial charge is 0.170 e. The lowest BCUT2D eigenvalue weighted by Gasteiger charge is -2.26. The van der Waals surface area contributed by atoms with Crippen molar-refractivity contribution in [3.05, 3.63) is 71.8 Å². The van der Waals surface area contributed by atoms with E-state index in [0.717, 1.165) is 13.2 Å². The molecule has 2 aromatic rings. The molecule has 0 aromatic heterocycles. The van der Waals surface area contributed by atoms with Gasteiger partial charge in [-0.2, -0.15) is 0 Å². The molecule has 9 heteroatoms. The van der Waals surface area contributed by atoms with Gasteiger partial charge in [-0.05, 0) is 38.6 Å². The first-order valence-electron chi connectivity index (χ1n) is 11.3. The molecule has 0 radical (unpaired) electrons. The number of likely N-dealkylation sites (N-methyl/N-ethyl adjacent to an activating group) is 1. The standard InChI is InChI=1S/C17H21NO.C8H18O4S2.ClH/c1-18(2)13-14-19-17(15-9-5-3-6-10-15)16-11-7-4-8-12-16;1-5-8(4,13(9,10)6-2)14(11,12)7-3;/h3-12,17H,13-14H2,1-2H3;5-7H2,1-4H3;1H. The summed E-state index contributed by atoms with van der Waals surface area (Å²) < 4.78 is 51.2. The maximum atomic E-state index is 11.7. The van der Waals surface area contributed by atoms with E-state index in [1.54, 1.807) is 6.92 Å². The van der Waals surface area contributed by atoms with Crippen LogP contribution in [0, 0.1) is 0 Å². The SMILES string of the molecule is CCC(C)(S(=O)(=O)CC)S(=O)(=O)CC.CN(C)CCOC(c1ccccc1)c1ccccc1.Cl. The van der Waals surface area contributed by atoms with E-state index in [1.165, 1.54) is 31.9 Å². The van der Waals surface area contributed by atoms with Crippen LogP contribution in [-0.4, -0.2) is 64.6 Å². The van der Waals surface area contributed by atoms with Crippen molar-refractivity contribution in [1.82, 2.24) is 4.90 Å². The summed E-state index contributed by atoms with van der Waals surface area (Å²) in [6.07, 6.45) is 0.113. The van der Waals surface area contributed by atoms with Crippen LogP contribution in [-0.2, 0) is 24.4 Å². The van der Waals surface area contributed by atoms with Crippen LogP contribution in [0.15, 0.2) is 60.7 Å². The third-order valence-corrected chi connectivity index (χ3v) is 12.0. The minimum absolute atomic E-state index is 0. The highest BCUT2D eigenvalue weighted by Gasteiger charge is 2.47. The summed E-state index contributed by atoms with van der Waals surface area (Å²) >= 11 is 0. The van der Waals surface area contributed by atoms with E-state index in [4.69, 9.17) is 4.74 Å². The Morgan fingerprint density at radius 2 is 1.18 bits per heavy atom. The summed E-state index contributed by atoms with van der Waals surface area (Å²) in [7, 11) is -3.02. The molecule has 0 fully saturated rings. The number of rotatable bonds is 11. The fourth-order valence-corrected chi connectivity index (χ4v) is 7.59. The molecule has 0 saturated carbocycles. The van der Waals surface area contributed by atoms with Gasteiger partial charge in [0, 0.05) is 18.1 Å². The molecule has 0 amide bonds. The predicted octanol–water partition coefficient (Wildman–Crippen LogP) is 4.76. The molecule has 194 valence electrons. The number of hydrogen-bond donors (Lipinski definition) is 0. The van der Waals surface area contributed by atoms with Crippen LogP contribution in [0.1, 0.15) is 51.3 Å². The highest BCUT2D eigenvalue weighted by atomic mass is 35.5. The van der Waals surface area contributed by atoms with E-state index >= 15 is 0 Å². The average Bonchev–Trinajstić information content (AvgIpc) is 2.82. The van der Waals surface area contributed by atoms with Gasteiger partial charge < -0.3 is 9.64 Å². The van der Waals surface area contributed by atoms with Gasteiger partial charge in [0.1, 0.15) is 6.10 Å². The van der Waals surface area contributed by atoms with E-state index in [9.17, 15) is 16.8 Å². The van der Waals surface area contributed by atoms with E-state index < -0.39 is 23.8 Å². The lowest BCUT2D eigenvalue weighted by atomic mass is 10.0. The van der Waals surface area contributed by atoms with Crippen LogP contribution in [0.3, 0.4) is 0 Å². The number of sulfone groups is 2. The van der Waals surface area contributed by atoms with Gasteiger partial charge in [0.15, 0.2) is 23.8 Å². The third kappa shape index (κ3) is 8.64. The Morgan fingerprint density at radius 3 is 1.47 bits per heavy atom. The Kier molecular flexibility index (Phi) is 14.2. The Labute approximate surface area is 213 Å². The highest BCUT2D eigenvalue weighted by Crippen LogP contribution is 2.29. The second-order valence-electron chi connectivity index (χ2n) is 8.17. The molecule has 0 unspecified atom stereocenters. The summed E-state index contributed by atoms with van der Waals surface area (Å²) in [6.45, 7) is 7.46. The van der Waals surface area contributed by atoms with Crippen LogP contribution in [0.5, 0.6) is 0 Å². The van der Waals surface area contributed by atoms with Crippen molar-refractivity contribution in [3.8, 4) is 0 Å². The van der Waals surface area contributed by atoms with Crippen LogP contribution in [0.4, 0.5) is 0 Å². The minimum atomic E-state index is -3.57. The molecule has 0 saturated heterocycles. The Hall–Kier alpha value is -1.45. The van der Waals surface area contributed by atoms with Gasteiger partial charge in [0.25, 0.3) is 0 Å². The maximum absolute atomic E-state index is 11.7. The molecular formula is C25H40ClNO5S2. The van der Waals surface area contributed by atoms with Gasteiger partial charge in [-0.3, -0.25) is 0 Å². The largest absolute Gasteiger partial charge is 0.367 e. The monoisotopic (exact) mass is 533 g/mol. The van der Waals surface area contributed by atoms with Gasteiger partial charge in [-0.15, -0.1) is 12.4 Å². The lowest BCUT2D eigenvalue weighted by molar-refractivity contribution is 0.0687. The van der Waals surface area contributed by atoms with Crippen LogP contribution < -0.4 is 0 Å². The molecule has 0 heterocycles. The van der Waals surface area contributed by atoms with E-state index in [-0.39, 0.29) is 36.4 Å². The van der Waals surface area contributed by atoms with Crippen molar-refractivity contribution in [1.29, 1.82) is 0 Å². The average molecular weight is 534 g/mol. The molecule has 2 aromatic carbocycles. The Morgan fingerprint density at radius 1 is 0.794 bits per heavy atom. The number of hydrogen-bond acceptors (Lipinski definition) is 6. The van der Waals surface area contributed by atoms with E-state index in [0.29, 0.717) is 0 Å². The lowest BCUT2D eigenvalue weighted by Crippen LogP contribution is -2.44. The molecule has 0 aliphatic heterocycles. The van der Waals surface area contributed by atoms with Crippen molar-refractivity contribution in [2.45, 2.75) is 44.3 Å². The minimum Gasteiger partial charge on any atom is -0.367 e. The van der Waals surface area contributed by atoms with Gasteiger partial charge in [-0.25, -0.2) is 16.8 Å². The van der Waals surface area contributed by atoms with Crippen molar-refractivity contribution in [3.63, 3.8) is 0 Å². The molecule has 0 atom stereocenters. The first kappa shape index (κ1) is 32.5. The zero-order chi connectivity index (χ0) is 25.1. The third-order valence-electron chi connectivity index (χ3n) is 5.75. The summed E-state index contributed by atoms with van der Waals surface area (Å²) in [5.74, 6) is -0.285. The number of benzene rings is 2. The number of ether oxygens (including phenoxy) is 1. The molecule has 6 nitrogen and oxygen atoms in total. The zero-order valence-electron chi connectivity index (χ0n) is 21.1. The van der Waals surface area contributed by atoms with Crippen molar-refractivity contribution in [2.75, 3.05) is 38.8 Å². The predicted molar refractivity (Wildman–Crippen MR) is 144 cm³/mol. The molecule has 0 N–H and O–H groups in total. The van der Waals surface area contributed by atoms with Crippen LogP contribution >= 0.6 is 12.4 Å². The van der Waals surface area contributed by atoms with Gasteiger partial charge in [0.2, 0.25) is 0 Å². The fraction of sp³-hybridized carbons (Fsp3) is 0.520. The normalized spacial score (nSPS) is 12.1. The quantitative estimate of drug-likeness (QED) is 0.414. The second kappa shape index (κ2) is 14.8. The van der Waals surface area contributed by atoms with Gasteiger partial charge in [-0.1, -0.05) is 81.4 Å². The van der Waals surface area contributed by atoms with Crippen molar-refractivity contribution >= 4 is 32.1 Å². The molecule has 0 aliphatic rings. The zero-order valence-corrected chi connectivity index (χ0v) is 23.5. The fourth-order valence-electron chi connectivity index (χ4n) is 3.24. The number of halogens is 1. The summed E-state index contributed by atoms with van der Waals surface area (Å²) in [4.78, 5) is 2.13. The molecular weight excluding hydrogens is 494 g/mol. The second-order valence-corrected chi connectivity index (χ2v) is 13.8. The van der Waals surface area contributed by atoms with Gasteiger partial charge >= 0.3 is 0 Å². The Balaban J connectivity index is 0.000000654. The van der Waals surface area contributed by atoms with E-state index in [2.05, 4.69) is 67.5 Å². The summed E-state index contributed by atoms with van der Waals surface area (Å²) in [6, 6.07) is 20.8. The molecule has 2 rings (SSSR count). The van der Waals surface area contributed by atoms with E-state index in [1.807, 2.05) is 12.1 Å².